The minimum absolute atomic E-state index is 0.0963. The number of nitrogens with zero attached hydrogens (tertiary/aromatic N) is 2. The Labute approximate surface area is 161 Å². The molecule has 0 N–H and O–H groups in total. The Bertz CT molecular complexity index is 806. The molecule has 3 rings (SSSR count). The van der Waals surface area contributed by atoms with E-state index in [1.807, 2.05) is 6.92 Å². The van der Waals surface area contributed by atoms with Crippen LogP contribution < -0.4 is 0 Å². The SMILES string of the molecule is CC[C@H]1SC2=NC(C)=C(C(=O)OCCOC)[C@@H](c3ccc(F)cc3)N2C1=O. The fourth-order valence-corrected chi connectivity index (χ4v) is 4.24. The second-order valence-electron chi connectivity index (χ2n) is 6.20. The van der Waals surface area contributed by atoms with Gasteiger partial charge >= 0.3 is 5.97 Å². The Morgan fingerprint density at radius 2 is 2.00 bits per heavy atom. The van der Waals surface area contributed by atoms with E-state index in [1.165, 1.54) is 35.9 Å². The molecule has 1 saturated heterocycles. The monoisotopic (exact) mass is 392 g/mol. The Balaban J connectivity index is 2.03. The van der Waals surface area contributed by atoms with Crippen molar-refractivity contribution < 1.29 is 23.5 Å². The van der Waals surface area contributed by atoms with Crippen LogP contribution in [0.3, 0.4) is 0 Å². The maximum absolute atomic E-state index is 13.4. The summed E-state index contributed by atoms with van der Waals surface area (Å²) in [6, 6.07) is 5.10. The first-order valence-corrected chi connectivity index (χ1v) is 9.56. The molecule has 1 fully saturated rings. The van der Waals surface area contributed by atoms with Crippen LogP contribution in [0.25, 0.3) is 0 Å². The van der Waals surface area contributed by atoms with Crippen molar-refractivity contribution in [2.24, 2.45) is 4.99 Å². The Hall–Kier alpha value is -2.19. The molecule has 2 aliphatic rings. The molecule has 0 aliphatic carbocycles. The van der Waals surface area contributed by atoms with Gasteiger partial charge in [-0.3, -0.25) is 9.69 Å². The number of allylic oxidation sites excluding steroid dienone is 1. The number of carbonyl (C=O) groups excluding carboxylic acids is 2. The summed E-state index contributed by atoms with van der Waals surface area (Å²) in [7, 11) is 1.52. The number of amides is 1. The fraction of sp³-hybridized carbons (Fsp3) is 0.421. The van der Waals surface area contributed by atoms with Gasteiger partial charge in [0.25, 0.3) is 0 Å². The lowest BCUT2D eigenvalue weighted by atomic mass is 9.94. The normalized spacial score (nSPS) is 22.0. The van der Waals surface area contributed by atoms with Gasteiger partial charge in [0.15, 0.2) is 5.17 Å². The van der Waals surface area contributed by atoms with Crippen molar-refractivity contribution in [2.75, 3.05) is 20.3 Å². The summed E-state index contributed by atoms with van der Waals surface area (Å²) in [6.45, 7) is 4.02. The smallest absolute Gasteiger partial charge is 0.338 e. The predicted octanol–water partition coefficient (Wildman–Crippen LogP) is 3.05. The highest BCUT2D eigenvalue weighted by atomic mass is 32.2. The first-order chi connectivity index (χ1) is 13.0. The molecule has 0 unspecified atom stereocenters. The first kappa shape index (κ1) is 19.6. The summed E-state index contributed by atoms with van der Waals surface area (Å²) in [5, 5.41) is 0.315. The molecular formula is C19H21FN2O4S. The van der Waals surface area contributed by atoms with Crippen molar-refractivity contribution in [1.29, 1.82) is 0 Å². The number of fused-ring (bicyclic) bond motifs is 1. The highest BCUT2D eigenvalue weighted by molar-refractivity contribution is 8.15. The minimum Gasteiger partial charge on any atom is -0.460 e. The molecule has 6 nitrogen and oxygen atoms in total. The van der Waals surface area contributed by atoms with E-state index in [-0.39, 0.29) is 35.8 Å². The van der Waals surface area contributed by atoms with E-state index in [0.717, 1.165) is 0 Å². The molecule has 0 aromatic heterocycles. The third-order valence-corrected chi connectivity index (χ3v) is 5.77. The zero-order chi connectivity index (χ0) is 19.6. The number of ether oxygens (including phenoxy) is 2. The van der Waals surface area contributed by atoms with Crippen LogP contribution in [-0.2, 0) is 19.1 Å². The van der Waals surface area contributed by atoms with Crippen LogP contribution in [0, 0.1) is 5.82 Å². The number of hydrogen-bond acceptors (Lipinski definition) is 6. The molecule has 2 heterocycles. The van der Waals surface area contributed by atoms with Crippen molar-refractivity contribution in [3.63, 3.8) is 0 Å². The number of aliphatic imine (C=N–C) groups is 1. The van der Waals surface area contributed by atoms with Gasteiger partial charge in [-0.25, -0.2) is 14.2 Å². The number of carbonyl (C=O) groups is 2. The van der Waals surface area contributed by atoms with Crippen LogP contribution in [0.5, 0.6) is 0 Å². The molecule has 2 aliphatic heterocycles. The van der Waals surface area contributed by atoms with Crippen LogP contribution in [0.2, 0.25) is 0 Å². The molecule has 0 radical (unpaired) electrons. The van der Waals surface area contributed by atoms with Gasteiger partial charge in [0, 0.05) is 7.11 Å². The molecule has 0 spiro atoms. The van der Waals surface area contributed by atoms with Crippen LogP contribution in [0.1, 0.15) is 31.9 Å². The summed E-state index contributed by atoms with van der Waals surface area (Å²) >= 11 is 1.39. The van der Waals surface area contributed by atoms with Gasteiger partial charge in [-0.1, -0.05) is 30.8 Å². The number of hydrogen-bond donors (Lipinski definition) is 0. The third-order valence-electron chi connectivity index (χ3n) is 4.45. The number of halogens is 1. The van der Waals surface area contributed by atoms with Crippen molar-refractivity contribution in [3.8, 4) is 0 Å². The van der Waals surface area contributed by atoms with Gasteiger partial charge in [0.1, 0.15) is 12.4 Å². The molecule has 8 heteroatoms. The zero-order valence-electron chi connectivity index (χ0n) is 15.4. The van der Waals surface area contributed by atoms with E-state index in [9.17, 15) is 14.0 Å². The Kier molecular flexibility index (Phi) is 5.96. The Morgan fingerprint density at radius 3 is 2.63 bits per heavy atom. The molecule has 1 aromatic carbocycles. The van der Waals surface area contributed by atoms with Gasteiger partial charge in [-0.05, 0) is 31.0 Å². The first-order valence-electron chi connectivity index (χ1n) is 8.68. The number of amidine groups is 1. The zero-order valence-corrected chi connectivity index (χ0v) is 16.2. The van der Waals surface area contributed by atoms with E-state index >= 15 is 0 Å². The molecule has 27 heavy (non-hydrogen) atoms. The average Bonchev–Trinajstić information content (AvgIpc) is 2.96. The number of thioether (sulfide) groups is 1. The van der Waals surface area contributed by atoms with Gasteiger partial charge in [0.05, 0.1) is 29.2 Å². The number of rotatable bonds is 6. The Morgan fingerprint density at radius 1 is 1.30 bits per heavy atom. The maximum Gasteiger partial charge on any atom is 0.338 e. The van der Waals surface area contributed by atoms with Gasteiger partial charge in [0.2, 0.25) is 5.91 Å². The highest BCUT2D eigenvalue weighted by Crippen LogP contribution is 2.43. The standard InChI is InChI=1S/C19H21FN2O4S/c1-4-14-17(23)22-16(12-5-7-13(20)8-6-12)15(11(2)21-19(22)27-14)18(24)26-10-9-25-3/h5-8,14,16H,4,9-10H2,1-3H3/t14-,16-/m1/s1. The molecule has 0 bridgehead atoms. The van der Waals surface area contributed by atoms with E-state index < -0.39 is 12.0 Å². The molecule has 0 saturated carbocycles. The fourth-order valence-electron chi connectivity index (χ4n) is 3.11. The van der Waals surface area contributed by atoms with E-state index in [1.54, 1.807) is 19.1 Å². The molecule has 144 valence electrons. The summed E-state index contributed by atoms with van der Waals surface area (Å²) < 4.78 is 23.6. The molecule has 1 amide bonds. The number of esters is 1. The van der Waals surface area contributed by atoms with E-state index in [4.69, 9.17) is 9.47 Å². The molecule has 1 aromatic rings. The van der Waals surface area contributed by atoms with Gasteiger partial charge in [-0.2, -0.15) is 0 Å². The van der Waals surface area contributed by atoms with Crippen molar-refractivity contribution in [3.05, 3.63) is 46.9 Å². The van der Waals surface area contributed by atoms with Crippen molar-refractivity contribution in [1.82, 2.24) is 4.90 Å². The van der Waals surface area contributed by atoms with Crippen LogP contribution in [0.15, 0.2) is 40.5 Å². The summed E-state index contributed by atoms with van der Waals surface area (Å²) in [5.74, 6) is -1.05. The summed E-state index contributed by atoms with van der Waals surface area (Å²) in [5.41, 5.74) is 1.41. The minimum atomic E-state index is -0.690. The van der Waals surface area contributed by atoms with Gasteiger partial charge < -0.3 is 9.47 Å². The lowest BCUT2D eigenvalue weighted by molar-refractivity contribution is -0.141. The van der Waals surface area contributed by atoms with Crippen molar-refractivity contribution in [2.45, 2.75) is 31.6 Å². The number of methoxy groups -OCH3 is 1. The lowest BCUT2D eigenvalue weighted by Gasteiger charge is -2.33. The van der Waals surface area contributed by atoms with Crippen LogP contribution in [-0.4, -0.2) is 47.5 Å². The summed E-state index contributed by atoms with van der Waals surface area (Å²) in [6.07, 6.45) is 0.655. The van der Waals surface area contributed by atoms with E-state index in [2.05, 4.69) is 4.99 Å². The largest absolute Gasteiger partial charge is 0.460 e. The van der Waals surface area contributed by atoms with Crippen molar-refractivity contribution >= 4 is 28.8 Å². The van der Waals surface area contributed by atoms with Gasteiger partial charge in [-0.15, -0.1) is 0 Å². The second-order valence-corrected chi connectivity index (χ2v) is 7.37. The van der Waals surface area contributed by atoms with Crippen LogP contribution in [0.4, 0.5) is 4.39 Å². The quantitative estimate of drug-likeness (QED) is 0.550. The third kappa shape index (κ3) is 3.77. The topological polar surface area (TPSA) is 68.2 Å². The average molecular weight is 392 g/mol. The lowest BCUT2D eigenvalue weighted by Crippen LogP contribution is -2.40. The second kappa shape index (κ2) is 8.22. The maximum atomic E-state index is 13.4. The molecule has 2 atom stereocenters. The highest BCUT2D eigenvalue weighted by Gasteiger charge is 2.47. The summed E-state index contributed by atoms with van der Waals surface area (Å²) in [4.78, 5) is 31.7. The van der Waals surface area contributed by atoms with Crippen LogP contribution >= 0.6 is 11.8 Å². The number of benzene rings is 1. The van der Waals surface area contributed by atoms with E-state index in [0.29, 0.717) is 22.8 Å². The predicted molar refractivity (Wildman–Crippen MR) is 101 cm³/mol. The molecular weight excluding hydrogens is 371 g/mol.